The summed E-state index contributed by atoms with van der Waals surface area (Å²) in [5.41, 5.74) is 0. The summed E-state index contributed by atoms with van der Waals surface area (Å²) in [6.45, 7) is 6.50. The van der Waals surface area contributed by atoms with Gasteiger partial charge in [-0.1, -0.05) is 296 Å². The van der Waals surface area contributed by atoms with E-state index in [1.54, 1.807) is 0 Å². The van der Waals surface area contributed by atoms with Crippen LogP contribution < -0.4 is 0 Å². The summed E-state index contributed by atoms with van der Waals surface area (Å²) in [4.78, 5) is 38.3. The van der Waals surface area contributed by atoms with Gasteiger partial charge in [0, 0.05) is 19.3 Å². The Hall–Kier alpha value is -4.19. The Balaban J connectivity index is 4.37. The first-order chi connectivity index (χ1) is 39.5. The third kappa shape index (κ3) is 64.6. The minimum absolute atomic E-state index is 0.0922. The summed E-state index contributed by atoms with van der Waals surface area (Å²) in [5, 5.41) is 0. The largest absolute Gasteiger partial charge is 0.462 e. The first kappa shape index (κ1) is 75.8. The van der Waals surface area contributed by atoms with Gasteiger partial charge in [-0.25, -0.2) is 0 Å². The molecule has 0 heterocycles. The van der Waals surface area contributed by atoms with Crippen molar-refractivity contribution in [2.24, 2.45) is 0 Å². The fraction of sp³-hybridized carbons (Fsp3) is 0.689. The molecule has 0 aromatic carbocycles. The Kier molecular flexibility index (Phi) is 63.8. The van der Waals surface area contributed by atoms with Crippen molar-refractivity contribution in [1.29, 1.82) is 0 Å². The molecule has 1 atom stereocenters. The highest BCUT2D eigenvalue weighted by Gasteiger charge is 2.19. The fourth-order valence-electron chi connectivity index (χ4n) is 9.20. The van der Waals surface area contributed by atoms with E-state index in [1.165, 1.54) is 141 Å². The highest BCUT2D eigenvalue weighted by atomic mass is 16.6. The van der Waals surface area contributed by atoms with E-state index >= 15 is 0 Å². The molecular weight excluding hydrogens is 985 g/mol. The van der Waals surface area contributed by atoms with Crippen molar-refractivity contribution >= 4 is 17.9 Å². The maximum absolute atomic E-state index is 12.9. The van der Waals surface area contributed by atoms with Crippen molar-refractivity contribution < 1.29 is 28.6 Å². The number of rotatable bonds is 60. The van der Waals surface area contributed by atoms with Gasteiger partial charge in [-0.05, 0) is 116 Å². The van der Waals surface area contributed by atoms with Crippen LogP contribution in [0.2, 0.25) is 0 Å². The van der Waals surface area contributed by atoms with Crippen molar-refractivity contribution in [2.45, 2.75) is 316 Å². The molecule has 0 aliphatic carbocycles. The lowest BCUT2D eigenvalue weighted by Gasteiger charge is -2.18. The number of hydrogen-bond donors (Lipinski definition) is 0. The van der Waals surface area contributed by atoms with Crippen molar-refractivity contribution in [2.75, 3.05) is 13.2 Å². The van der Waals surface area contributed by atoms with Crippen LogP contribution in [0.3, 0.4) is 0 Å². The number of carbonyl (C=O) groups excluding carboxylic acids is 3. The van der Waals surface area contributed by atoms with E-state index in [-0.39, 0.29) is 31.1 Å². The average molecular weight is 1110 g/mol. The monoisotopic (exact) mass is 1110 g/mol. The molecule has 0 spiro atoms. The molecule has 0 aliphatic heterocycles. The number of unbranched alkanes of at least 4 members (excludes halogenated alkanes) is 29. The molecule has 0 fully saturated rings. The van der Waals surface area contributed by atoms with Gasteiger partial charge in [0.1, 0.15) is 13.2 Å². The normalized spacial score (nSPS) is 12.9. The van der Waals surface area contributed by atoms with Crippen LogP contribution in [0, 0.1) is 0 Å². The topological polar surface area (TPSA) is 78.9 Å². The van der Waals surface area contributed by atoms with Gasteiger partial charge in [-0.2, -0.15) is 0 Å². The van der Waals surface area contributed by atoms with Crippen molar-refractivity contribution in [3.8, 4) is 0 Å². The lowest BCUT2D eigenvalue weighted by molar-refractivity contribution is -0.167. The van der Waals surface area contributed by atoms with Gasteiger partial charge in [-0.15, -0.1) is 0 Å². The second-order valence-corrected chi connectivity index (χ2v) is 22.0. The van der Waals surface area contributed by atoms with E-state index < -0.39 is 6.10 Å². The number of carbonyl (C=O) groups is 3. The maximum Gasteiger partial charge on any atom is 0.306 e. The molecule has 0 aromatic rings. The van der Waals surface area contributed by atoms with Crippen LogP contribution in [0.1, 0.15) is 310 Å². The van der Waals surface area contributed by atoms with Gasteiger partial charge in [0.05, 0.1) is 0 Å². The van der Waals surface area contributed by atoms with Crippen LogP contribution >= 0.6 is 0 Å². The predicted molar refractivity (Wildman–Crippen MR) is 348 cm³/mol. The zero-order valence-corrected chi connectivity index (χ0v) is 52.3. The Morgan fingerprint density at radius 1 is 0.263 bits per heavy atom. The smallest absolute Gasteiger partial charge is 0.306 e. The van der Waals surface area contributed by atoms with Crippen LogP contribution in [0.15, 0.2) is 122 Å². The Labute approximate surface area is 494 Å². The molecular formula is C74H124O6. The summed E-state index contributed by atoms with van der Waals surface area (Å²) >= 11 is 0. The first-order valence-corrected chi connectivity index (χ1v) is 33.5. The van der Waals surface area contributed by atoms with E-state index in [1.807, 2.05) is 0 Å². The third-order valence-corrected chi connectivity index (χ3v) is 14.2. The molecule has 456 valence electrons. The summed E-state index contributed by atoms with van der Waals surface area (Å²) in [6.07, 6.45) is 93.5. The second kappa shape index (κ2) is 67.3. The zero-order chi connectivity index (χ0) is 57.8. The minimum Gasteiger partial charge on any atom is -0.462 e. The molecule has 0 saturated carbocycles. The average Bonchev–Trinajstić information content (AvgIpc) is 3.46. The van der Waals surface area contributed by atoms with Crippen molar-refractivity contribution in [3.05, 3.63) is 122 Å². The lowest BCUT2D eigenvalue weighted by Crippen LogP contribution is -2.30. The van der Waals surface area contributed by atoms with Gasteiger partial charge in [-0.3, -0.25) is 14.4 Å². The molecule has 0 aliphatic rings. The van der Waals surface area contributed by atoms with Crippen molar-refractivity contribution in [1.82, 2.24) is 0 Å². The summed E-state index contributed by atoms with van der Waals surface area (Å²) in [5.74, 6) is -0.925. The summed E-state index contributed by atoms with van der Waals surface area (Å²) < 4.78 is 16.9. The molecule has 0 radical (unpaired) electrons. The van der Waals surface area contributed by atoms with Gasteiger partial charge >= 0.3 is 17.9 Å². The molecule has 0 bridgehead atoms. The highest BCUT2D eigenvalue weighted by Crippen LogP contribution is 2.16. The molecule has 0 aromatic heterocycles. The minimum atomic E-state index is -0.797. The zero-order valence-electron chi connectivity index (χ0n) is 52.3. The molecule has 80 heavy (non-hydrogen) atoms. The van der Waals surface area contributed by atoms with Crippen LogP contribution in [0.5, 0.6) is 0 Å². The quantitative estimate of drug-likeness (QED) is 0.0261. The number of esters is 3. The Morgan fingerprint density at radius 2 is 0.487 bits per heavy atom. The van der Waals surface area contributed by atoms with Crippen LogP contribution in [0.25, 0.3) is 0 Å². The highest BCUT2D eigenvalue weighted by molar-refractivity contribution is 5.71. The lowest BCUT2D eigenvalue weighted by atomic mass is 10.0. The van der Waals surface area contributed by atoms with Gasteiger partial charge in [0.2, 0.25) is 0 Å². The van der Waals surface area contributed by atoms with Gasteiger partial charge < -0.3 is 14.2 Å². The molecule has 1 unspecified atom stereocenters. The number of allylic oxidation sites excluding steroid dienone is 20. The van der Waals surface area contributed by atoms with E-state index in [0.29, 0.717) is 19.3 Å². The van der Waals surface area contributed by atoms with Gasteiger partial charge in [0.25, 0.3) is 0 Å². The SMILES string of the molecule is CC/C=C\C/C=C\C/C=C\C/C=C\C/C=C\C/C=C\C/C=C\C/C=C\C/C=C\CCCCCC(=O)OCC(COC(=O)CCCCCCC/C=C\CCCCCC)OC(=O)CCCCCCCCCCCCCCCCCCCC. The van der Waals surface area contributed by atoms with Crippen LogP contribution in [-0.4, -0.2) is 37.2 Å². The molecule has 0 rings (SSSR count). The molecule has 6 nitrogen and oxygen atoms in total. The Morgan fingerprint density at radius 3 is 0.800 bits per heavy atom. The van der Waals surface area contributed by atoms with E-state index in [9.17, 15) is 14.4 Å². The van der Waals surface area contributed by atoms with Crippen molar-refractivity contribution in [3.63, 3.8) is 0 Å². The Bertz CT molecular complexity index is 1650. The van der Waals surface area contributed by atoms with E-state index in [4.69, 9.17) is 14.2 Å². The van der Waals surface area contributed by atoms with Crippen LogP contribution in [0.4, 0.5) is 0 Å². The standard InChI is InChI=1S/C74H124O6/c1-4-7-10-13-16-19-22-25-27-29-31-32-33-34-35-36-37-38-39-40-41-42-43-45-46-49-52-55-58-61-64-67-73(76)79-70-71(69-78-72(75)66-63-60-57-54-51-48-24-21-18-15-12-9-6-3)80-74(77)68-65-62-59-56-53-50-47-44-30-28-26-23-20-17-14-11-8-5-2/h7,10,16,19,21,24-25,27,31-32,34-35,37-38,40-41,43,45,49,52,71H,4-6,8-9,11-15,17-18,20,22-23,26,28-30,33,36,39,42,44,46-48,50-51,53-70H2,1-3H3/b10-7-,19-16-,24-21-,27-25-,32-31-,35-34-,38-37-,41-40-,45-43-,52-49-. The summed E-state index contributed by atoms with van der Waals surface area (Å²) in [7, 11) is 0. The third-order valence-electron chi connectivity index (χ3n) is 14.2. The fourth-order valence-corrected chi connectivity index (χ4v) is 9.20. The van der Waals surface area contributed by atoms with Gasteiger partial charge in [0.15, 0.2) is 6.10 Å². The molecule has 6 heteroatoms. The second-order valence-electron chi connectivity index (χ2n) is 22.0. The van der Waals surface area contributed by atoms with Crippen LogP contribution in [-0.2, 0) is 28.6 Å². The number of ether oxygens (including phenoxy) is 3. The van der Waals surface area contributed by atoms with E-state index in [0.717, 1.165) is 128 Å². The molecule has 0 amide bonds. The van der Waals surface area contributed by atoms with E-state index in [2.05, 4.69) is 142 Å². The molecule has 0 saturated heterocycles. The maximum atomic E-state index is 12.9. The molecule has 0 N–H and O–H groups in total. The first-order valence-electron chi connectivity index (χ1n) is 33.5. The summed E-state index contributed by atoms with van der Waals surface area (Å²) in [6, 6.07) is 0. The number of hydrogen-bond acceptors (Lipinski definition) is 6. The predicted octanol–water partition coefficient (Wildman–Crippen LogP) is 23.2.